The smallest absolute Gasteiger partial charge is 0.138 e. The minimum Gasteiger partial charge on any atom is -0.355 e. The predicted molar refractivity (Wildman–Crippen MR) is 189 cm³/mol. The molecular formula is C40H24N4S. The van der Waals surface area contributed by atoms with E-state index in [2.05, 4.69) is 142 Å². The van der Waals surface area contributed by atoms with Crippen LogP contribution in [0.1, 0.15) is 0 Å². The van der Waals surface area contributed by atoms with Crippen LogP contribution in [0.25, 0.3) is 92.1 Å². The van der Waals surface area contributed by atoms with Gasteiger partial charge in [0.2, 0.25) is 0 Å². The Kier molecular flexibility index (Phi) is 5.12. The van der Waals surface area contributed by atoms with Crippen molar-refractivity contribution in [2.75, 3.05) is 0 Å². The molecule has 1 N–H and O–H groups in total. The van der Waals surface area contributed by atoms with E-state index in [-0.39, 0.29) is 0 Å². The number of hydrogen-bond acceptors (Lipinski definition) is 3. The molecule has 0 aliphatic heterocycles. The van der Waals surface area contributed by atoms with Crippen molar-refractivity contribution < 1.29 is 0 Å². The van der Waals surface area contributed by atoms with E-state index < -0.39 is 0 Å². The Bertz CT molecular complexity index is 2780. The maximum atomic E-state index is 5.27. The summed E-state index contributed by atoms with van der Waals surface area (Å²) in [7, 11) is 0. The number of pyridine rings is 2. The Morgan fingerprint density at radius 1 is 0.511 bits per heavy atom. The molecule has 45 heavy (non-hydrogen) atoms. The molecule has 5 heterocycles. The molecule has 0 aliphatic carbocycles. The number of aromatic amines is 1. The first kappa shape index (κ1) is 24.6. The fraction of sp³-hybridized carbons (Fsp3) is 0. The molecule has 5 heteroatoms. The van der Waals surface area contributed by atoms with Gasteiger partial charge in [0.15, 0.2) is 0 Å². The summed E-state index contributed by atoms with van der Waals surface area (Å²) in [6.07, 6.45) is 1.87. The summed E-state index contributed by atoms with van der Waals surface area (Å²) in [4.78, 5) is 13.5. The van der Waals surface area contributed by atoms with Crippen molar-refractivity contribution in [2.45, 2.75) is 0 Å². The maximum Gasteiger partial charge on any atom is 0.138 e. The number of nitrogens with one attached hydrogen (secondary N) is 1. The number of H-pyrrole nitrogens is 1. The van der Waals surface area contributed by atoms with Crippen molar-refractivity contribution in [1.82, 2.24) is 19.5 Å². The van der Waals surface area contributed by atoms with E-state index in [0.717, 1.165) is 44.7 Å². The van der Waals surface area contributed by atoms with Gasteiger partial charge in [0.25, 0.3) is 0 Å². The van der Waals surface area contributed by atoms with Gasteiger partial charge in [0, 0.05) is 54.4 Å². The average molecular weight is 593 g/mol. The van der Waals surface area contributed by atoms with Gasteiger partial charge in [-0.3, -0.25) is 9.55 Å². The number of hydrogen-bond donors (Lipinski definition) is 1. The molecule has 4 nitrogen and oxygen atoms in total. The van der Waals surface area contributed by atoms with Gasteiger partial charge in [-0.15, -0.1) is 11.3 Å². The average Bonchev–Trinajstić information content (AvgIpc) is 3.77. The predicted octanol–water partition coefficient (Wildman–Crippen LogP) is 10.9. The van der Waals surface area contributed by atoms with Crippen molar-refractivity contribution in [1.29, 1.82) is 0 Å². The van der Waals surface area contributed by atoms with Crippen molar-refractivity contribution in [2.24, 2.45) is 0 Å². The summed E-state index contributed by atoms with van der Waals surface area (Å²) in [5.74, 6) is 0.899. The first-order chi connectivity index (χ1) is 22.3. The second-order valence-corrected chi connectivity index (χ2v) is 12.6. The van der Waals surface area contributed by atoms with Crippen LogP contribution < -0.4 is 0 Å². The number of fused-ring (bicyclic) bond motifs is 9. The summed E-state index contributed by atoms with van der Waals surface area (Å²) >= 11 is 1.78. The van der Waals surface area contributed by atoms with Crippen molar-refractivity contribution in [3.05, 3.63) is 140 Å². The third-order valence-corrected chi connectivity index (χ3v) is 10.1. The lowest BCUT2D eigenvalue weighted by Crippen LogP contribution is -1.98. The lowest BCUT2D eigenvalue weighted by atomic mass is 10.0. The van der Waals surface area contributed by atoms with Crippen LogP contribution in [0.4, 0.5) is 0 Å². The van der Waals surface area contributed by atoms with E-state index in [1.807, 2.05) is 12.3 Å². The maximum absolute atomic E-state index is 5.27. The fourth-order valence-corrected chi connectivity index (χ4v) is 7.93. The van der Waals surface area contributed by atoms with Crippen molar-refractivity contribution in [3.8, 4) is 28.2 Å². The van der Waals surface area contributed by atoms with Crippen LogP contribution in [0.3, 0.4) is 0 Å². The Morgan fingerprint density at radius 3 is 2.27 bits per heavy atom. The molecule has 5 aromatic heterocycles. The number of para-hydroxylation sites is 2. The first-order valence-corrected chi connectivity index (χ1v) is 15.9. The van der Waals surface area contributed by atoms with Gasteiger partial charge in [-0.25, -0.2) is 4.98 Å². The second-order valence-electron chi connectivity index (χ2n) is 11.6. The van der Waals surface area contributed by atoms with Crippen LogP contribution in [0.2, 0.25) is 0 Å². The lowest BCUT2D eigenvalue weighted by molar-refractivity contribution is 1.08. The van der Waals surface area contributed by atoms with E-state index in [0.29, 0.717) is 0 Å². The number of benzene rings is 5. The van der Waals surface area contributed by atoms with Crippen LogP contribution in [-0.2, 0) is 0 Å². The highest BCUT2D eigenvalue weighted by atomic mass is 32.1. The zero-order valence-corrected chi connectivity index (χ0v) is 24.8. The summed E-state index contributed by atoms with van der Waals surface area (Å²) in [6, 6.07) is 47.7. The Morgan fingerprint density at radius 2 is 1.29 bits per heavy atom. The fourth-order valence-electron chi connectivity index (χ4n) is 6.89. The van der Waals surface area contributed by atoms with Crippen LogP contribution in [0.15, 0.2) is 140 Å². The van der Waals surface area contributed by atoms with E-state index in [1.165, 1.54) is 47.5 Å². The topological polar surface area (TPSA) is 46.5 Å². The molecule has 0 atom stereocenters. The molecule has 5 aromatic carbocycles. The third kappa shape index (κ3) is 3.71. The molecule has 0 saturated heterocycles. The zero-order valence-electron chi connectivity index (χ0n) is 24.0. The van der Waals surface area contributed by atoms with Crippen molar-refractivity contribution in [3.63, 3.8) is 0 Å². The summed E-state index contributed by atoms with van der Waals surface area (Å²) in [5, 5.41) is 6.09. The molecule has 0 fully saturated rings. The molecule has 0 aliphatic rings. The van der Waals surface area contributed by atoms with Gasteiger partial charge in [0.05, 0.1) is 26.9 Å². The van der Waals surface area contributed by atoms with Crippen LogP contribution >= 0.6 is 11.3 Å². The van der Waals surface area contributed by atoms with Gasteiger partial charge in [-0.1, -0.05) is 66.7 Å². The monoisotopic (exact) mass is 592 g/mol. The number of thiophene rings is 1. The molecule has 0 unspecified atom stereocenters. The molecule has 0 spiro atoms. The largest absolute Gasteiger partial charge is 0.355 e. The zero-order chi connectivity index (χ0) is 29.5. The standard InChI is InChI=1S/C40H24N4S/c1-3-9-33-27(7-1)30-21-24(15-18-34(30)42-33)25-14-17-29-28-8-2-4-11-35(28)44(36(29)23-25)39-13-5-10-32(43-39)26-16-19-37-31(22-26)40-38(45-37)12-6-20-41-40/h1-23,42H. The molecular weight excluding hydrogens is 569 g/mol. The minimum absolute atomic E-state index is 0.899. The van der Waals surface area contributed by atoms with Crippen molar-refractivity contribution >= 4 is 75.3 Å². The molecule has 10 aromatic rings. The van der Waals surface area contributed by atoms with Gasteiger partial charge < -0.3 is 4.98 Å². The number of aromatic nitrogens is 4. The molecule has 10 rings (SSSR count). The molecule has 0 radical (unpaired) electrons. The minimum atomic E-state index is 0.899. The number of rotatable bonds is 3. The normalized spacial score (nSPS) is 12.0. The molecule has 0 amide bonds. The summed E-state index contributed by atoms with van der Waals surface area (Å²) in [6.45, 7) is 0. The van der Waals surface area contributed by atoms with Crippen LogP contribution in [0, 0.1) is 0 Å². The van der Waals surface area contributed by atoms with Gasteiger partial charge in [-0.05, 0) is 77.9 Å². The second kappa shape index (κ2) is 9.36. The Hall–Kier alpha value is -5.78. The lowest BCUT2D eigenvalue weighted by Gasteiger charge is -2.10. The van der Waals surface area contributed by atoms with E-state index in [4.69, 9.17) is 4.98 Å². The van der Waals surface area contributed by atoms with Gasteiger partial charge in [0.1, 0.15) is 5.82 Å². The Balaban J connectivity index is 1.16. The highest BCUT2D eigenvalue weighted by Crippen LogP contribution is 2.38. The first-order valence-electron chi connectivity index (χ1n) is 15.1. The summed E-state index contributed by atoms with van der Waals surface area (Å²) < 4.78 is 4.75. The highest BCUT2D eigenvalue weighted by Gasteiger charge is 2.16. The third-order valence-electron chi connectivity index (χ3n) is 9.00. The highest BCUT2D eigenvalue weighted by molar-refractivity contribution is 7.25. The Labute approximate surface area is 261 Å². The quantitative estimate of drug-likeness (QED) is 0.222. The van der Waals surface area contributed by atoms with E-state index >= 15 is 0 Å². The molecule has 0 saturated carbocycles. The van der Waals surface area contributed by atoms with E-state index in [9.17, 15) is 0 Å². The van der Waals surface area contributed by atoms with Crippen LogP contribution in [-0.4, -0.2) is 19.5 Å². The molecule has 0 bridgehead atoms. The van der Waals surface area contributed by atoms with Crippen LogP contribution in [0.5, 0.6) is 0 Å². The van der Waals surface area contributed by atoms with E-state index in [1.54, 1.807) is 11.3 Å². The van der Waals surface area contributed by atoms with Gasteiger partial charge in [-0.2, -0.15) is 0 Å². The SMILES string of the molecule is c1cc(-c2ccc3sc4cccnc4c3c2)nc(-n2c3ccccc3c3ccc(-c4ccc5[nH]c6ccccc6c5c4)cc32)c1. The van der Waals surface area contributed by atoms with Gasteiger partial charge >= 0.3 is 0 Å². The summed E-state index contributed by atoms with van der Waals surface area (Å²) in [5.41, 5.74) is 10.0. The molecule has 210 valence electrons. The number of nitrogens with zero attached hydrogens (tertiary/aromatic N) is 3.